The Kier molecular flexibility index (Phi) is 4.77. The molecule has 1 rings (SSSR count). The number of nitrogens with zero attached hydrogens (tertiary/aromatic N) is 1. The summed E-state index contributed by atoms with van der Waals surface area (Å²) in [5.41, 5.74) is 1.19. The molecule has 0 spiro atoms. The second kappa shape index (κ2) is 5.87. The number of hydrogen-bond acceptors (Lipinski definition) is 2. The first kappa shape index (κ1) is 13.0. The minimum atomic E-state index is -0.949. The highest BCUT2D eigenvalue weighted by Crippen LogP contribution is 2.19. The summed E-state index contributed by atoms with van der Waals surface area (Å²) in [5, 5.41) is 9.31. The minimum Gasteiger partial charge on any atom is -0.478 e. The molecule has 0 radical (unpaired) electrons. The predicted octanol–water partition coefficient (Wildman–Crippen LogP) is 2.88. The summed E-state index contributed by atoms with van der Waals surface area (Å²) >= 11 is 6.03. The second-order valence-electron chi connectivity index (χ2n) is 3.85. The quantitative estimate of drug-likeness (QED) is 0.862. The Bertz CT molecular complexity index is 379. The average molecular weight is 242 g/mol. The highest BCUT2D eigenvalue weighted by Gasteiger charge is 2.08. The zero-order valence-electron chi connectivity index (χ0n) is 9.53. The molecule has 0 atom stereocenters. The van der Waals surface area contributed by atoms with Gasteiger partial charge in [0.1, 0.15) is 0 Å². The van der Waals surface area contributed by atoms with Gasteiger partial charge in [-0.3, -0.25) is 0 Å². The fourth-order valence-corrected chi connectivity index (χ4v) is 1.80. The van der Waals surface area contributed by atoms with Crippen molar-refractivity contribution in [1.82, 2.24) is 4.90 Å². The molecule has 1 aromatic rings. The number of carbonyl (C=O) groups is 1. The monoisotopic (exact) mass is 241 g/mol. The van der Waals surface area contributed by atoms with E-state index in [0.29, 0.717) is 5.02 Å². The molecule has 0 saturated carbocycles. The van der Waals surface area contributed by atoms with Crippen LogP contribution in [0, 0.1) is 0 Å². The Morgan fingerprint density at radius 2 is 2.19 bits per heavy atom. The van der Waals surface area contributed by atoms with Crippen molar-refractivity contribution >= 4 is 17.6 Å². The molecule has 0 fully saturated rings. The van der Waals surface area contributed by atoms with E-state index in [0.717, 1.165) is 25.1 Å². The van der Waals surface area contributed by atoms with E-state index in [9.17, 15) is 4.79 Å². The van der Waals surface area contributed by atoms with Gasteiger partial charge in [0.25, 0.3) is 0 Å². The zero-order chi connectivity index (χ0) is 12.1. The van der Waals surface area contributed by atoms with Crippen molar-refractivity contribution in [2.24, 2.45) is 0 Å². The molecule has 0 aliphatic carbocycles. The summed E-state index contributed by atoms with van der Waals surface area (Å²) in [5.74, 6) is -0.949. The number of rotatable bonds is 5. The maximum atomic E-state index is 10.7. The lowest BCUT2D eigenvalue weighted by Crippen LogP contribution is -2.18. The van der Waals surface area contributed by atoms with Crippen molar-refractivity contribution in [3.8, 4) is 0 Å². The van der Waals surface area contributed by atoms with E-state index in [4.69, 9.17) is 16.7 Å². The van der Waals surface area contributed by atoms with Crippen LogP contribution in [0.3, 0.4) is 0 Å². The van der Waals surface area contributed by atoms with Crippen LogP contribution in [-0.2, 0) is 6.54 Å². The first-order valence-corrected chi connectivity index (χ1v) is 5.62. The van der Waals surface area contributed by atoms with E-state index in [-0.39, 0.29) is 5.56 Å². The first-order chi connectivity index (χ1) is 7.54. The van der Waals surface area contributed by atoms with Gasteiger partial charge in [0.05, 0.1) is 5.56 Å². The van der Waals surface area contributed by atoms with Crippen molar-refractivity contribution < 1.29 is 9.90 Å². The average Bonchev–Trinajstić information content (AvgIpc) is 2.21. The van der Waals surface area contributed by atoms with Crippen molar-refractivity contribution in [2.45, 2.75) is 19.9 Å². The third kappa shape index (κ3) is 3.51. The normalized spacial score (nSPS) is 10.8. The molecule has 1 aromatic carbocycles. The van der Waals surface area contributed by atoms with Crippen LogP contribution < -0.4 is 0 Å². The highest BCUT2D eigenvalue weighted by molar-refractivity contribution is 6.31. The topological polar surface area (TPSA) is 40.5 Å². The second-order valence-corrected chi connectivity index (χ2v) is 4.26. The van der Waals surface area contributed by atoms with Crippen LogP contribution in [0.5, 0.6) is 0 Å². The molecule has 16 heavy (non-hydrogen) atoms. The van der Waals surface area contributed by atoms with Crippen LogP contribution in [0.25, 0.3) is 0 Å². The highest BCUT2D eigenvalue weighted by atomic mass is 35.5. The molecule has 3 nitrogen and oxygen atoms in total. The van der Waals surface area contributed by atoms with E-state index in [1.165, 1.54) is 6.07 Å². The van der Waals surface area contributed by atoms with Gasteiger partial charge >= 0.3 is 5.97 Å². The third-order valence-electron chi connectivity index (χ3n) is 2.35. The molecule has 0 saturated heterocycles. The molecule has 0 aliphatic heterocycles. The maximum Gasteiger partial charge on any atom is 0.335 e. The van der Waals surface area contributed by atoms with E-state index >= 15 is 0 Å². The van der Waals surface area contributed by atoms with Crippen LogP contribution in [0.4, 0.5) is 0 Å². The molecule has 88 valence electrons. The molecule has 0 amide bonds. The van der Waals surface area contributed by atoms with Crippen molar-refractivity contribution in [3.05, 3.63) is 34.3 Å². The van der Waals surface area contributed by atoms with Crippen molar-refractivity contribution in [1.29, 1.82) is 0 Å². The Morgan fingerprint density at radius 1 is 1.50 bits per heavy atom. The van der Waals surface area contributed by atoms with E-state index in [1.54, 1.807) is 12.1 Å². The SMILES string of the molecule is CCCN(C)Cc1ccc(C(=O)O)cc1Cl. The molecule has 0 heterocycles. The van der Waals surface area contributed by atoms with E-state index in [1.807, 2.05) is 7.05 Å². The smallest absolute Gasteiger partial charge is 0.335 e. The Labute approximate surface area is 101 Å². The summed E-state index contributed by atoms with van der Waals surface area (Å²) in [7, 11) is 2.02. The lowest BCUT2D eigenvalue weighted by atomic mass is 10.1. The third-order valence-corrected chi connectivity index (χ3v) is 2.70. The molecule has 0 aromatic heterocycles. The number of carboxylic acids is 1. The van der Waals surface area contributed by atoms with E-state index < -0.39 is 5.97 Å². The minimum absolute atomic E-state index is 0.229. The number of carboxylic acid groups (broad SMARTS) is 1. The van der Waals surface area contributed by atoms with Gasteiger partial charge in [-0.05, 0) is 37.7 Å². The Morgan fingerprint density at radius 3 is 2.69 bits per heavy atom. The zero-order valence-corrected chi connectivity index (χ0v) is 10.3. The molecule has 0 bridgehead atoms. The van der Waals surface area contributed by atoms with Gasteiger partial charge < -0.3 is 10.0 Å². The van der Waals surface area contributed by atoms with Gasteiger partial charge in [-0.15, -0.1) is 0 Å². The molecule has 0 aliphatic rings. The van der Waals surface area contributed by atoms with Gasteiger partial charge in [-0.1, -0.05) is 24.6 Å². The fourth-order valence-electron chi connectivity index (χ4n) is 1.56. The summed E-state index contributed by atoms with van der Waals surface area (Å²) in [4.78, 5) is 12.9. The van der Waals surface area contributed by atoms with E-state index in [2.05, 4.69) is 11.8 Å². The van der Waals surface area contributed by atoms with Gasteiger partial charge in [-0.2, -0.15) is 0 Å². The standard InChI is InChI=1S/C12H16ClNO2/c1-3-6-14(2)8-10-5-4-9(12(15)16)7-11(10)13/h4-5,7H,3,6,8H2,1-2H3,(H,15,16). The Balaban J connectivity index is 2.79. The molecule has 4 heteroatoms. The maximum absolute atomic E-state index is 10.7. The largest absolute Gasteiger partial charge is 0.478 e. The van der Waals surface area contributed by atoms with Crippen LogP contribution >= 0.6 is 11.6 Å². The summed E-state index contributed by atoms with van der Waals surface area (Å²) in [6.07, 6.45) is 1.08. The predicted molar refractivity (Wildman–Crippen MR) is 65.0 cm³/mol. The number of halogens is 1. The molecule has 1 N–H and O–H groups in total. The number of hydrogen-bond donors (Lipinski definition) is 1. The first-order valence-electron chi connectivity index (χ1n) is 5.25. The lowest BCUT2D eigenvalue weighted by molar-refractivity contribution is 0.0697. The fraction of sp³-hybridized carbons (Fsp3) is 0.417. The van der Waals surface area contributed by atoms with Gasteiger partial charge in [0.15, 0.2) is 0 Å². The number of aromatic carboxylic acids is 1. The molecular weight excluding hydrogens is 226 g/mol. The van der Waals surface area contributed by atoms with Crippen LogP contribution in [-0.4, -0.2) is 29.6 Å². The van der Waals surface area contributed by atoms with Crippen LogP contribution in [0.15, 0.2) is 18.2 Å². The van der Waals surface area contributed by atoms with Gasteiger partial charge in [0.2, 0.25) is 0 Å². The summed E-state index contributed by atoms with van der Waals surface area (Å²) < 4.78 is 0. The summed E-state index contributed by atoms with van der Waals surface area (Å²) in [6.45, 7) is 3.86. The Hall–Kier alpha value is -1.06. The van der Waals surface area contributed by atoms with Crippen LogP contribution in [0.1, 0.15) is 29.3 Å². The number of benzene rings is 1. The molecular formula is C12H16ClNO2. The lowest BCUT2D eigenvalue weighted by Gasteiger charge is -2.16. The van der Waals surface area contributed by atoms with Gasteiger partial charge in [0, 0.05) is 11.6 Å². The van der Waals surface area contributed by atoms with Gasteiger partial charge in [-0.25, -0.2) is 4.79 Å². The van der Waals surface area contributed by atoms with Crippen LogP contribution in [0.2, 0.25) is 5.02 Å². The molecule has 0 unspecified atom stereocenters. The van der Waals surface area contributed by atoms with Crippen molar-refractivity contribution in [2.75, 3.05) is 13.6 Å². The van der Waals surface area contributed by atoms with Crippen molar-refractivity contribution in [3.63, 3.8) is 0 Å². The summed E-state index contributed by atoms with van der Waals surface area (Å²) in [6, 6.07) is 4.86.